The summed E-state index contributed by atoms with van der Waals surface area (Å²) >= 11 is 0. The van der Waals surface area contributed by atoms with Crippen LogP contribution < -0.4 is 0 Å². The molecule has 0 radical (unpaired) electrons. The van der Waals surface area contributed by atoms with E-state index in [1.54, 1.807) is 0 Å². The van der Waals surface area contributed by atoms with E-state index in [1.807, 2.05) is 0 Å². The minimum absolute atomic E-state index is 0. The van der Waals surface area contributed by atoms with Crippen LogP contribution in [0.15, 0.2) is 34.6 Å². The van der Waals surface area contributed by atoms with E-state index in [1.165, 1.54) is 19.1 Å². The molecular formula is C9H11KO6S2. The molecule has 1 aromatic rings. The molecule has 0 aliphatic rings. The van der Waals surface area contributed by atoms with Crippen molar-refractivity contribution in [1.29, 1.82) is 0 Å². The predicted octanol–water partition coefficient (Wildman–Crippen LogP) is 0.565. The number of allylic oxidation sites excluding steroid dienone is 1. The summed E-state index contributed by atoms with van der Waals surface area (Å²) in [5.41, 5.74) is 0.172. The van der Waals surface area contributed by atoms with Gasteiger partial charge in [0.05, 0.1) is 0 Å². The Morgan fingerprint density at radius 1 is 1.11 bits per heavy atom. The predicted molar refractivity (Wildman–Crippen MR) is 67.9 cm³/mol. The van der Waals surface area contributed by atoms with E-state index in [0.29, 0.717) is 0 Å². The van der Waals surface area contributed by atoms with Crippen LogP contribution >= 0.6 is 0 Å². The summed E-state index contributed by atoms with van der Waals surface area (Å²) in [5, 5.41) is 0. The zero-order valence-corrected chi connectivity index (χ0v) is 10.4. The minimum atomic E-state index is -4.79. The maximum absolute atomic E-state index is 11.2. The fourth-order valence-corrected chi connectivity index (χ4v) is 3.39. The summed E-state index contributed by atoms with van der Waals surface area (Å²) in [7, 11) is -9.55. The van der Waals surface area contributed by atoms with Crippen LogP contribution in [0.1, 0.15) is 12.5 Å². The van der Waals surface area contributed by atoms with Gasteiger partial charge in [-0.15, -0.1) is 0 Å². The molecule has 9 heteroatoms. The first-order valence-electron chi connectivity index (χ1n) is 4.29. The Hall–Kier alpha value is 0.416. The molecule has 0 aromatic heterocycles. The standard InChI is InChI=1S/C9H10O6S2.K.H/c1-6(2)7-4-3-5-8(16(10,11)12)9(7)17(13,14)15;;/h3-5H,1H2,2H3,(H,10,11,12)(H,13,14,15);;. The molecule has 2 N–H and O–H groups in total. The molecular weight excluding hydrogens is 307 g/mol. The first-order chi connectivity index (χ1) is 7.55. The van der Waals surface area contributed by atoms with E-state index in [-0.39, 0.29) is 62.5 Å². The molecule has 0 saturated heterocycles. The molecule has 0 atom stereocenters. The van der Waals surface area contributed by atoms with E-state index >= 15 is 0 Å². The van der Waals surface area contributed by atoms with Crippen molar-refractivity contribution >= 4 is 77.2 Å². The van der Waals surface area contributed by atoms with Gasteiger partial charge in [-0.05, 0) is 24.1 Å². The fraction of sp³-hybridized carbons (Fsp3) is 0.111. The van der Waals surface area contributed by atoms with Gasteiger partial charge >= 0.3 is 51.4 Å². The number of rotatable bonds is 3. The first kappa shape index (κ1) is 18.4. The molecule has 0 amide bonds. The van der Waals surface area contributed by atoms with Crippen molar-refractivity contribution in [3.05, 3.63) is 30.3 Å². The Bertz CT molecular complexity index is 675. The van der Waals surface area contributed by atoms with Gasteiger partial charge in [0, 0.05) is 0 Å². The second kappa shape index (κ2) is 6.24. The molecule has 1 rings (SSSR count). The molecule has 6 nitrogen and oxygen atoms in total. The second-order valence-corrected chi connectivity index (χ2v) is 6.11. The van der Waals surface area contributed by atoms with Gasteiger partial charge in [-0.1, -0.05) is 18.7 Å². The molecule has 96 valence electrons. The van der Waals surface area contributed by atoms with Crippen LogP contribution in [0.4, 0.5) is 0 Å². The van der Waals surface area contributed by atoms with E-state index in [2.05, 4.69) is 6.58 Å². The van der Waals surface area contributed by atoms with Gasteiger partial charge in [-0.25, -0.2) is 0 Å². The zero-order valence-electron chi connectivity index (χ0n) is 8.78. The monoisotopic (exact) mass is 318 g/mol. The van der Waals surface area contributed by atoms with Crippen LogP contribution in [0.5, 0.6) is 0 Å². The van der Waals surface area contributed by atoms with Crippen molar-refractivity contribution in [2.75, 3.05) is 0 Å². The third-order valence-corrected chi connectivity index (χ3v) is 3.96. The van der Waals surface area contributed by atoms with Gasteiger partial charge in [0.2, 0.25) is 0 Å². The van der Waals surface area contributed by atoms with Gasteiger partial charge in [0.1, 0.15) is 9.79 Å². The van der Waals surface area contributed by atoms with Gasteiger partial charge in [0.15, 0.2) is 0 Å². The van der Waals surface area contributed by atoms with Crippen LogP contribution in [0.2, 0.25) is 0 Å². The molecule has 18 heavy (non-hydrogen) atoms. The average Bonchev–Trinajstić information content (AvgIpc) is 2.13. The molecule has 0 unspecified atom stereocenters. The van der Waals surface area contributed by atoms with Gasteiger partial charge in [-0.3, -0.25) is 9.11 Å². The molecule has 0 bridgehead atoms. The van der Waals surface area contributed by atoms with Crippen molar-refractivity contribution < 1.29 is 25.9 Å². The average molecular weight is 318 g/mol. The summed E-state index contributed by atoms with van der Waals surface area (Å²) in [4.78, 5) is -1.74. The van der Waals surface area contributed by atoms with Crippen LogP contribution in [0.3, 0.4) is 0 Å². The normalized spacial score (nSPS) is 11.7. The van der Waals surface area contributed by atoms with Crippen LogP contribution in [0, 0.1) is 0 Å². The van der Waals surface area contributed by atoms with Crippen LogP contribution in [-0.2, 0) is 20.2 Å². The molecule has 0 heterocycles. The molecule has 0 aliphatic heterocycles. The van der Waals surface area contributed by atoms with Crippen molar-refractivity contribution in [3.63, 3.8) is 0 Å². The Morgan fingerprint density at radius 3 is 1.94 bits per heavy atom. The third kappa shape index (κ3) is 4.22. The van der Waals surface area contributed by atoms with Crippen LogP contribution in [-0.4, -0.2) is 77.3 Å². The van der Waals surface area contributed by atoms with E-state index in [4.69, 9.17) is 9.11 Å². The fourth-order valence-electron chi connectivity index (χ4n) is 1.32. The maximum atomic E-state index is 11.2. The number of hydrogen-bond acceptors (Lipinski definition) is 4. The van der Waals surface area contributed by atoms with Gasteiger partial charge in [-0.2, -0.15) is 16.8 Å². The van der Waals surface area contributed by atoms with Crippen molar-refractivity contribution in [2.45, 2.75) is 16.7 Å². The summed E-state index contributed by atoms with van der Waals surface area (Å²) in [6.45, 7) is 4.91. The Kier molecular flexibility index (Phi) is 6.39. The summed E-state index contributed by atoms with van der Waals surface area (Å²) in [6.07, 6.45) is 0. The topological polar surface area (TPSA) is 109 Å². The molecule has 0 saturated carbocycles. The number of hydrogen-bond donors (Lipinski definition) is 2. The third-order valence-electron chi connectivity index (χ3n) is 1.97. The van der Waals surface area contributed by atoms with Gasteiger partial charge in [0.25, 0.3) is 20.2 Å². The van der Waals surface area contributed by atoms with Crippen LogP contribution in [0.25, 0.3) is 5.57 Å². The molecule has 0 fully saturated rings. The van der Waals surface area contributed by atoms with E-state index in [9.17, 15) is 16.8 Å². The Balaban J connectivity index is 0.00000289. The van der Waals surface area contributed by atoms with Gasteiger partial charge < -0.3 is 0 Å². The molecule has 0 aliphatic carbocycles. The molecule has 1 aromatic carbocycles. The van der Waals surface area contributed by atoms with Crippen molar-refractivity contribution in [3.8, 4) is 0 Å². The Labute approximate surface area is 148 Å². The van der Waals surface area contributed by atoms with E-state index in [0.717, 1.165) is 6.07 Å². The number of benzene rings is 1. The summed E-state index contributed by atoms with van der Waals surface area (Å²) in [5.74, 6) is 0. The van der Waals surface area contributed by atoms with Crippen molar-refractivity contribution in [2.24, 2.45) is 0 Å². The Morgan fingerprint density at radius 2 is 1.61 bits per heavy atom. The molecule has 0 spiro atoms. The first-order valence-corrected chi connectivity index (χ1v) is 7.17. The quantitative estimate of drug-likeness (QED) is 0.623. The van der Waals surface area contributed by atoms with E-state index < -0.39 is 30.0 Å². The SMILES string of the molecule is C=C(C)c1cccc(S(=O)(=O)O)c1S(=O)(=O)O.[KH]. The summed E-state index contributed by atoms with van der Waals surface area (Å²) in [6, 6.07) is 3.40. The van der Waals surface area contributed by atoms with Crippen molar-refractivity contribution in [1.82, 2.24) is 0 Å². The second-order valence-electron chi connectivity index (χ2n) is 3.36. The zero-order chi connectivity index (χ0) is 13.4. The summed E-state index contributed by atoms with van der Waals surface area (Å²) < 4.78 is 62.3.